The van der Waals surface area contributed by atoms with E-state index < -0.39 is 11.6 Å². The Bertz CT molecular complexity index is 744. The summed E-state index contributed by atoms with van der Waals surface area (Å²) in [5, 5.41) is 3.07. The summed E-state index contributed by atoms with van der Waals surface area (Å²) in [6, 6.07) is 10.3. The number of rotatable bonds is 12. The molecule has 0 radical (unpaired) electrons. The number of piperazine rings is 1. The molecule has 1 N–H and O–H groups in total. The van der Waals surface area contributed by atoms with Gasteiger partial charge in [0, 0.05) is 26.7 Å². The van der Waals surface area contributed by atoms with Crippen molar-refractivity contribution in [3.63, 3.8) is 0 Å². The molecule has 3 rings (SSSR count). The lowest BCUT2D eigenvalue weighted by Gasteiger charge is -2.51. The van der Waals surface area contributed by atoms with Gasteiger partial charge in [0.1, 0.15) is 11.6 Å². The lowest BCUT2D eigenvalue weighted by Crippen LogP contribution is -2.73. The number of unbranched alkanes of at least 4 members (excludes halogenated alkanes) is 3. The number of piperidine rings is 1. The molecule has 2 amide bonds. The van der Waals surface area contributed by atoms with Crippen molar-refractivity contribution in [2.45, 2.75) is 76.8 Å². The van der Waals surface area contributed by atoms with Crippen LogP contribution in [0.3, 0.4) is 0 Å². The SMILES string of the molecule is COCCN1C(=O)[C@H](CC(C)C)NC(=O)C12CCN(CCCCCCc1ccccc1)CC2. The molecule has 2 aliphatic heterocycles. The van der Waals surface area contributed by atoms with Gasteiger partial charge in [-0.15, -0.1) is 0 Å². The molecule has 2 aliphatic rings. The molecule has 1 atom stereocenters. The van der Waals surface area contributed by atoms with Crippen LogP contribution in [0.4, 0.5) is 0 Å². The van der Waals surface area contributed by atoms with Crippen molar-refractivity contribution in [3.8, 4) is 0 Å². The Hall–Kier alpha value is -1.92. The first-order valence-corrected chi connectivity index (χ1v) is 12.8. The van der Waals surface area contributed by atoms with Crippen molar-refractivity contribution in [1.82, 2.24) is 15.1 Å². The van der Waals surface area contributed by atoms with Crippen LogP contribution in [-0.2, 0) is 20.7 Å². The molecule has 0 unspecified atom stereocenters. The van der Waals surface area contributed by atoms with Crippen molar-refractivity contribution >= 4 is 11.8 Å². The lowest BCUT2D eigenvalue weighted by atomic mass is 9.81. The number of carbonyl (C=O) groups excluding carboxylic acids is 2. The smallest absolute Gasteiger partial charge is 0.246 e. The zero-order valence-corrected chi connectivity index (χ0v) is 20.9. The van der Waals surface area contributed by atoms with E-state index in [0.29, 0.717) is 38.3 Å². The standard InChI is InChI=1S/C27H43N3O3/c1-22(2)21-24-25(31)30(19-20-33-3)27(26(32)28-24)14-17-29(18-15-27)16-10-5-4-7-11-23-12-8-6-9-13-23/h6,8-9,12-13,22,24H,4-5,7,10-11,14-21H2,1-3H3,(H,28,32)/t24-/m0/s1. The van der Waals surface area contributed by atoms with Crippen LogP contribution >= 0.6 is 0 Å². The summed E-state index contributed by atoms with van der Waals surface area (Å²) in [5.41, 5.74) is 0.711. The molecule has 1 aromatic rings. The first-order chi connectivity index (χ1) is 16.0. The maximum Gasteiger partial charge on any atom is 0.246 e. The van der Waals surface area contributed by atoms with Gasteiger partial charge in [-0.1, -0.05) is 57.0 Å². The molecule has 6 nitrogen and oxygen atoms in total. The Morgan fingerprint density at radius 1 is 1.03 bits per heavy atom. The van der Waals surface area contributed by atoms with E-state index in [1.54, 1.807) is 7.11 Å². The number of ether oxygens (including phenoxy) is 1. The molecule has 33 heavy (non-hydrogen) atoms. The Morgan fingerprint density at radius 2 is 1.73 bits per heavy atom. The predicted octanol–water partition coefficient (Wildman–Crippen LogP) is 3.64. The van der Waals surface area contributed by atoms with E-state index in [1.165, 1.54) is 31.2 Å². The molecule has 0 aliphatic carbocycles. The van der Waals surface area contributed by atoms with Gasteiger partial charge in [-0.05, 0) is 56.6 Å². The fourth-order valence-corrected chi connectivity index (χ4v) is 5.32. The molecule has 0 aromatic heterocycles. The normalized spacial score (nSPS) is 21.1. The maximum absolute atomic E-state index is 13.3. The number of aryl methyl sites for hydroxylation is 1. The van der Waals surface area contributed by atoms with Gasteiger partial charge >= 0.3 is 0 Å². The van der Waals surface area contributed by atoms with Crippen LogP contribution in [0, 0.1) is 5.92 Å². The van der Waals surface area contributed by atoms with Gasteiger partial charge in [-0.3, -0.25) is 9.59 Å². The highest BCUT2D eigenvalue weighted by atomic mass is 16.5. The first-order valence-electron chi connectivity index (χ1n) is 12.8. The number of carbonyl (C=O) groups is 2. The van der Waals surface area contributed by atoms with E-state index in [9.17, 15) is 9.59 Å². The van der Waals surface area contributed by atoms with Crippen LogP contribution in [0.5, 0.6) is 0 Å². The summed E-state index contributed by atoms with van der Waals surface area (Å²) in [5.74, 6) is 0.448. The van der Waals surface area contributed by atoms with Crippen LogP contribution in [0.15, 0.2) is 30.3 Å². The Morgan fingerprint density at radius 3 is 2.39 bits per heavy atom. The van der Waals surface area contributed by atoms with Gasteiger partial charge < -0.3 is 19.9 Å². The van der Waals surface area contributed by atoms with E-state index in [0.717, 1.165) is 26.1 Å². The van der Waals surface area contributed by atoms with Crippen LogP contribution in [0.1, 0.15) is 64.4 Å². The highest BCUT2D eigenvalue weighted by Crippen LogP contribution is 2.34. The summed E-state index contributed by atoms with van der Waals surface area (Å²) in [4.78, 5) is 30.9. The second-order valence-electron chi connectivity index (χ2n) is 10.2. The molecular formula is C27H43N3O3. The molecule has 184 valence electrons. The molecule has 6 heteroatoms. The number of benzene rings is 1. The minimum Gasteiger partial charge on any atom is -0.383 e. The van der Waals surface area contributed by atoms with Crippen molar-refractivity contribution < 1.29 is 14.3 Å². The molecule has 2 heterocycles. The largest absolute Gasteiger partial charge is 0.383 e. The van der Waals surface area contributed by atoms with Crippen molar-refractivity contribution in [3.05, 3.63) is 35.9 Å². The van der Waals surface area contributed by atoms with Crippen LogP contribution < -0.4 is 5.32 Å². The van der Waals surface area contributed by atoms with E-state index in [2.05, 4.69) is 54.4 Å². The summed E-state index contributed by atoms with van der Waals surface area (Å²) in [6.07, 6.45) is 8.17. The molecule has 1 aromatic carbocycles. The highest BCUT2D eigenvalue weighted by molar-refractivity contribution is 6.00. The topological polar surface area (TPSA) is 61.9 Å². The average molecular weight is 458 g/mol. The highest BCUT2D eigenvalue weighted by Gasteiger charge is 2.53. The van der Waals surface area contributed by atoms with Crippen LogP contribution in [0.25, 0.3) is 0 Å². The minimum atomic E-state index is -0.713. The monoisotopic (exact) mass is 457 g/mol. The van der Waals surface area contributed by atoms with Gasteiger partial charge in [-0.25, -0.2) is 0 Å². The number of amides is 2. The Labute approximate surface area is 200 Å². The number of hydrogen-bond donors (Lipinski definition) is 1. The van der Waals surface area contributed by atoms with E-state index in [1.807, 2.05) is 4.90 Å². The summed E-state index contributed by atoms with van der Waals surface area (Å²) in [7, 11) is 1.65. The fourth-order valence-electron chi connectivity index (χ4n) is 5.32. The third-order valence-corrected chi connectivity index (χ3v) is 7.25. The summed E-state index contributed by atoms with van der Waals surface area (Å²) in [6.45, 7) is 7.92. The van der Waals surface area contributed by atoms with Crippen molar-refractivity contribution in [2.24, 2.45) is 5.92 Å². The number of methoxy groups -OCH3 is 1. The average Bonchev–Trinajstić information content (AvgIpc) is 2.81. The van der Waals surface area contributed by atoms with E-state index >= 15 is 0 Å². The molecule has 1 spiro atoms. The van der Waals surface area contributed by atoms with Crippen molar-refractivity contribution in [1.29, 1.82) is 0 Å². The van der Waals surface area contributed by atoms with E-state index in [4.69, 9.17) is 4.74 Å². The second-order valence-corrected chi connectivity index (χ2v) is 10.2. The second kappa shape index (κ2) is 12.5. The molecule has 2 saturated heterocycles. The van der Waals surface area contributed by atoms with E-state index in [-0.39, 0.29) is 11.8 Å². The van der Waals surface area contributed by atoms with Gasteiger partial charge in [0.25, 0.3) is 0 Å². The summed E-state index contributed by atoms with van der Waals surface area (Å²) >= 11 is 0. The molecular weight excluding hydrogens is 414 g/mol. The molecule has 0 bridgehead atoms. The van der Waals surface area contributed by atoms with Gasteiger partial charge in [-0.2, -0.15) is 0 Å². The lowest BCUT2D eigenvalue weighted by molar-refractivity contribution is -0.162. The number of nitrogens with one attached hydrogen (secondary N) is 1. The fraction of sp³-hybridized carbons (Fsp3) is 0.704. The minimum absolute atomic E-state index is 0.0319. The molecule has 2 fully saturated rings. The van der Waals surface area contributed by atoms with Gasteiger partial charge in [0.15, 0.2) is 0 Å². The summed E-state index contributed by atoms with van der Waals surface area (Å²) < 4.78 is 5.28. The number of nitrogens with zero attached hydrogens (tertiary/aromatic N) is 2. The zero-order chi connectivity index (χ0) is 23.7. The van der Waals surface area contributed by atoms with Crippen LogP contribution in [-0.4, -0.2) is 73.1 Å². The quantitative estimate of drug-likeness (QED) is 0.487. The van der Waals surface area contributed by atoms with Crippen molar-refractivity contribution in [2.75, 3.05) is 39.9 Å². The first kappa shape index (κ1) is 25.7. The third-order valence-electron chi connectivity index (χ3n) is 7.25. The predicted molar refractivity (Wildman–Crippen MR) is 132 cm³/mol. The Balaban J connectivity index is 1.46. The Kier molecular flexibility index (Phi) is 9.75. The maximum atomic E-state index is 13.3. The van der Waals surface area contributed by atoms with Gasteiger partial charge in [0.05, 0.1) is 6.61 Å². The van der Waals surface area contributed by atoms with Crippen LogP contribution in [0.2, 0.25) is 0 Å². The third kappa shape index (κ3) is 6.80. The zero-order valence-electron chi connectivity index (χ0n) is 20.9. The number of hydrogen-bond acceptors (Lipinski definition) is 4. The van der Waals surface area contributed by atoms with Gasteiger partial charge in [0.2, 0.25) is 11.8 Å². The number of likely N-dealkylation sites (tertiary alicyclic amines) is 1. The molecule has 0 saturated carbocycles.